The number of aryl methyl sites for hydroxylation is 1. The van der Waals surface area contributed by atoms with Gasteiger partial charge in [-0.05, 0) is 30.3 Å². The fraction of sp³-hybridized carbons (Fsp3) is 0.118. The highest BCUT2D eigenvalue weighted by Crippen LogP contribution is 2.27. The van der Waals surface area contributed by atoms with Gasteiger partial charge in [0.05, 0.1) is 16.3 Å². The molecule has 0 fully saturated rings. The summed E-state index contributed by atoms with van der Waals surface area (Å²) in [4.78, 5) is 16.6. The van der Waals surface area contributed by atoms with E-state index in [0.717, 1.165) is 0 Å². The topological polar surface area (TPSA) is 77.2 Å². The molecule has 0 aliphatic carbocycles. The van der Waals surface area contributed by atoms with Crippen molar-refractivity contribution in [2.45, 2.75) is 13.5 Å². The smallest absolute Gasteiger partial charge is 0.259 e. The number of anilines is 1. The number of hydrogen-bond acceptors (Lipinski definition) is 5. The summed E-state index contributed by atoms with van der Waals surface area (Å²) in [5.41, 5.74) is 0.813. The predicted molar refractivity (Wildman–Crippen MR) is 94.2 cm³/mol. The second kappa shape index (κ2) is 7.55. The Morgan fingerprint density at radius 2 is 2.04 bits per heavy atom. The van der Waals surface area contributed by atoms with Gasteiger partial charge in [0.1, 0.15) is 5.75 Å². The standard InChI is InChI=1S/C17H13Cl2N3O3/c1-10-20-16(22-25-10)9-24-15-5-3-2-4-12(15)17(23)21-14-7-6-11(18)8-13(14)19/h2-8H,9H2,1H3,(H,21,23). The number of halogens is 2. The molecule has 8 heteroatoms. The highest BCUT2D eigenvalue weighted by atomic mass is 35.5. The number of rotatable bonds is 5. The summed E-state index contributed by atoms with van der Waals surface area (Å²) < 4.78 is 10.5. The minimum Gasteiger partial charge on any atom is -0.485 e. The number of carbonyl (C=O) groups is 1. The zero-order valence-electron chi connectivity index (χ0n) is 13.1. The lowest BCUT2D eigenvalue weighted by Gasteiger charge is -2.11. The number of amides is 1. The third-order valence-corrected chi connectivity index (χ3v) is 3.79. The number of nitrogens with zero attached hydrogens (tertiary/aromatic N) is 2. The first kappa shape index (κ1) is 17.3. The third kappa shape index (κ3) is 4.29. The van der Waals surface area contributed by atoms with Gasteiger partial charge in [-0.3, -0.25) is 4.79 Å². The number of hydrogen-bond donors (Lipinski definition) is 1. The first-order valence-corrected chi connectivity index (χ1v) is 8.06. The Labute approximate surface area is 153 Å². The molecule has 3 aromatic rings. The molecule has 1 amide bonds. The summed E-state index contributed by atoms with van der Waals surface area (Å²) in [6.45, 7) is 1.77. The van der Waals surface area contributed by atoms with Crippen LogP contribution in [0.5, 0.6) is 5.75 Å². The molecule has 1 aromatic heterocycles. The van der Waals surface area contributed by atoms with Crippen LogP contribution in [-0.4, -0.2) is 16.0 Å². The van der Waals surface area contributed by atoms with Crippen LogP contribution in [0.4, 0.5) is 5.69 Å². The molecule has 0 aliphatic heterocycles. The van der Waals surface area contributed by atoms with Gasteiger partial charge in [-0.1, -0.05) is 40.5 Å². The fourth-order valence-corrected chi connectivity index (χ4v) is 2.56. The van der Waals surface area contributed by atoms with Crippen molar-refractivity contribution in [1.29, 1.82) is 0 Å². The van der Waals surface area contributed by atoms with Crippen molar-refractivity contribution in [1.82, 2.24) is 10.1 Å². The number of nitrogens with one attached hydrogen (secondary N) is 1. The van der Waals surface area contributed by atoms with Crippen molar-refractivity contribution < 1.29 is 14.1 Å². The second-order valence-corrected chi connectivity index (χ2v) is 5.94. The Morgan fingerprint density at radius 3 is 2.76 bits per heavy atom. The van der Waals surface area contributed by atoms with Gasteiger partial charge in [0.15, 0.2) is 6.61 Å². The van der Waals surface area contributed by atoms with Crippen LogP contribution >= 0.6 is 23.2 Å². The first-order chi connectivity index (χ1) is 12.0. The van der Waals surface area contributed by atoms with Gasteiger partial charge in [0, 0.05) is 11.9 Å². The summed E-state index contributed by atoms with van der Waals surface area (Å²) in [5, 5.41) is 7.33. The van der Waals surface area contributed by atoms with Crippen LogP contribution in [0.25, 0.3) is 0 Å². The lowest BCUT2D eigenvalue weighted by Crippen LogP contribution is -2.14. The van der Waals surface area contributed by atoms with E-state index in [4.69, 9.17) is 32.5 Å². The zero-order chi connectivity index (χ0) is 17.8. The van der Waals surface area contributed by atoms with Crippen molar-refractivity contribution in [3.8, 4) is 5.75 Å². The molecule has 0 bridgehead atoms. The van der Waals surface area contributed by atoms with Crippen LogP contribution in [0.15, 0.2) is 47.0 Å². The van der Waals surface area contributed by atoms with E-state index in [0.29, 0.717) is 38.8 Å². The highest BCUT2D eigenvalue weighted by Gasteiger charge is 2.15. The van der Waals surface area contributed by atoms with Crippen molar-refractivity contribution in [2.24, 2.45) is 0 Å². The summed E-state index contributed by atoms with van der Waals surface area (Å²) in [6.07, 6.45) is 0. The number of ether oxygens (including phenoxy) is 1. The molecule has 0 unspecified atom stereocenters. The maximum atomic E-state index is 12.6. The molecule has 0 saturated heterocycles. The molecule has 0 aliphatic rings. The Bertz CT molecular complexity index is 912. The van der Waals surface area contributed by atoms with Gasteiger partial charge in [-0.25, -0.2) is 0 Å². The second-order valence-electron chi connectivity index (χ2n) is 5.09. The highest BCUT2D eigenvalue weighted by molar-refractivity contribution is 6.36. The van der Waals surface area contributed by atoms with Crippen molar-refractivity contribution in [3.63, 3.8) is 0 Å². The largest absolute Gasteiger partial charge is 0.485 e. The maximum Gasteiger partial charge on any atom is 0.259 e. The lowest BCUT2D eigenvalue weighted by molar-refractivity contribution is 0.102. The van der Waals surface area contributed by atoms with Crippen LogP contribution in [-0.2, 0) is 6.61 Å². The van der Waals surface area contributed by atoms with E-state index in [-0.39, 0.29) is 12.5 Å². The minimum atomic E-state index is -0.357. The van der Waals surface area contributed by atoms with E-state index in [9.17, 15) is 4.79 Å². The number of benzene rings is 2. The van der Waals surface area contributed by atoms with Crippen LogP contribution in [0.3, 0.4) is 0 Å². The van der Waals surface area contributed by atoms with Gasteiger partial charge in [-0.2, -0.15) is 4.98 Å². The summed E-state index contributed by atoms with van der Waals surface area (Å²) in [6, 6.07) is 11.7. The van der Waals surface area contributed by atoms with Gasteiger partial charge >= 0.3 is 0 Å². The van der Waals surface area contributed by atoms with Crippen molar-refractivity contribution in [3.05, 3.63) is 69.8 Å². The molecule has 25 heavy (non-hydrogen) atoms. The molecular formula is C17H13Cl2N3O3. The van der Waals surface area contributed by atoms with Crippen LogP contribution in [0.2, 0.25) is 10.0 Å². The Hall–Kier alpha value is -2.57. The molecular weight excluding hydrogens is 365 g/mol. The Morgan fingerprint density at radius 1 is 1.24 bits per heavy atom. The number of para-hydroxylation sites is 1. The Kier molecular flexibility index (Phi) is 5.21. The molecule has 6 nitrogen and oxygen atoms in total. The lowest BCUT2D eigenvalue weighted by atomic mass is 10.2. The molecule has 0 atom stereocenters. The molecule has 1 heterocycles. The molecule has 1 N–H and O–H groups in total. The number of carbonyl (C=O) groups excluding carboxylic acids is 1. The van der Waals surface area contributed by atoms with Crippen molar-refractivity contribution >= 4 is 34.8 Å². The van der Waals surface area contributed by atoms with Crippen LogP contribution in [0.1, 0.15) is 22.1 Å². The van der Waals surface area contributed by atoms with Gasteiger partial charge in [-0.15, -0.1) is 0 Å². The molecule has 2 aromatic carbocycles. The van der Waals surface area contributed by atoms with Crippen molar-refractivity contribution in [2.75, 3.05) is 5.32 Å². The van der Waals surface area contributed by atoms with Crippen LogP contribution in [0, 0.1) is 6.92 Å². The molecule has 0 spiro atoms. The van der Waals surface area contributed by atoms with Gasteiger partial charge in [0.25, 0.3) is 5.91 Å². The van der Waals surface area contributed by atoms with E-state index in [1.807, 2.05) is 0 Å². The molecule has 0 radical (unpaired) electrons. The first-order valence-electron chi connectivity index (χ1n) is 7.30. The van der Waals surface area contributed by atoms with E-state index >= 15 is 0 Å². The predicted octanol–water partition coefficient (Wildman–Crippen LogP) is 4.52. The zero-order valence-corrected chi connectivity index (χ0v) is 14.6. The van der Waals surface area contributed by atoms with Gasteiger partial charge < -0.3 is 14.6 Å². The molecule has 0 saturated carbocycles. The summed E-state index contributed by atoms with van der Waals surface area (Å²) in [5.74, 6) is 0.882. The Balaban J connectivity index is 1.76. The minimum absolute atomic E-state index is 0.0866. The van der Waals surface area contributed by atoms with E-state index < -0.39 is 0 Å². The average molecular weight is 378 g/mol. The van der Waals surface area contributed by atoms with E-state index in [1.165, 1.54) is 0 Å². The quantitative estimate of drug-likeness (QED) is 0.707. The van der Waals surface area contributed by atoms with E-state index in [2.05, 4.69) is 15.5 Å². The molecule has 128 valence electrons. The fourth-order valence-electron chi connectivity index (χ4n) is 2.10. The van der Waals surface area contributed by atoms with E-state index in [1.54, 1.807) is 49.4 Å². The summed E-state index contributed by atoms with van der Waals surface area (Å²) in [7, 11) is 0. The van der Waals surface area contributed by atoms with Crippen LogP contribution < -0.4 is 10.1 Å². The summed E-state index contributed by atoms with van der Waals surface area (Å²) >= 11 is 11.9. The van der Waals surface area contributed by atoms with Gasteiger partial charge in [0.2, 0.25) is 11.7 Å². The molecule has 3 rings (SSSR count). The SMILES string of the molecule is Cc1nc(COc2ccccc2C(=O)Nc2ccc(Cl)cc2Cl)no1. The maximum absolute atomic E-state index is 12.6. The normalized spacial score (nSPS) is 10.5. The monoisotopic (exact) mass is 377 g/mol. The average Bonchev–Trinajstić information content (AvgIpc) is 3.01. The third-order valence-electron chi connectivity index (χ3n) is 3.24. The number of aromatic nitrogens is 2.